The third-order valence-corrected chi connectivity index (χ3v) is 9.59. The van der Waals surface area contributed by atoms with E-state index in [9.17, 15) is 31.6 Å². The molecule has 3 rings (SSSR count). The quantitative estimate of drug-likeness (QED) is 0.128. The first-order valence-corrected chi connectivity index (χ1v) is 18.6. The average molecular weight is 808 g/mol. The van der Waals surface area contributed by atoms with E-state index >= 15 is 0 Å². The van der Waals surface area contributed by atoms with Crippen molar-refractivity contribution in [2.24, 2.45) is 0 Å². The summed E-state index contributed by atoms with van der Waals surface area (Å²) < 4.78 is 72.5. The molecule has 3 N–H and O–H groups in total. The summed E-state index contributed by atoms with van der Waals surface area (Å²) in [6, 6.07) is 15.3. The molecule has 3 amide bonds. The van der Waals surface area contributed by atoms with Crippen molar-refractivity contribution in [1.82, 2.24) is 20.3 Å². The number of nitrogens with zero attached hydrogens (tertiary/aromatic N) is 1. The van der Waals surface area contributed by atoms with Gasteiger partial charge in [0, 0.05) is 36.2 Å². The number of sulfonamides is 1. The molecule has 0 fully saturated rings. The number of benzene rings is 3. The van der Waals surface area contributed by atoms with Crippen LogP contribution >= 0.6 is 34.8 Å². The Morgan fingerprint density at radius 2 is 1.44 bits per heavy atom. The highest BCUT2D eigenvalue weighted by Crippen LogP contribution is 2.25. The summed E-state index contributed by atoms with van der Waals surface area (Å²) in [5, 5.41) is 5.18. The van der Waals surface area contributed by atoms with E-state index in [-0.39, 0.29) is 41.2 Å². The van der Waals surface area contributed by atoms with Gasteiger partial charge < -0.3 is 29.7 Å². The third kappa shape index (κ3) is 14.1. The smallest absolute Gasteiger partial charge is 0.408 e. The molecule has 0 spiro atoms. The van der Waals surface area contributed by atoms with Crippen molar-refractivity contribution < 1.29 is 45.8 Å². The maximum atomic E-state index is 14.0. The van der Waals surface area contributed by atoms with Crippen LogP contribution in [0.4, 0.5) is 13.6 Å². The van der Waals surface area contributed by atoms with E-state index in [0.717, 1.165) is 11.0 Å². The second kappa shape index (κ2) is 21.2. The normalized spacial score (nSPS) is 12.7. The molecule has 12 nitrogen and oxygen atoms in total. The van der Waals surface area contributed by atoms with Crippen LogP contribution in [-0.4, -0.2) is 88.9 Å². The van der Waals surface area contributed by atoms with Crippen molar-refractivity contribution >= 4 is 62.7 Å². The van der Waals surface area contributed by atoms with Gasteiger partial charge in [0.25, 0.3) is 6.43 Å². The lowest BCUT2D eigenvalue weighted by atomic mass is 10.0. The summed E-state index contributed by atoms with van der Waals surface area (Å²) in [5.41, 5.74) is 1.12. The number of hydrogen-bond acceptors (Lipinski definition) is 8. The molecular weight excluding hydrogens is 769 g/mol. The Bertz CT molecular complexity index is 1720. The minimum absolute atomic E-state index is 0.164. The maximum Gasteiger partial charge on any atom is 0.408 e. The van der Waals surface area contributed by atoms with Crippen molar-refractivity contribution in [1.29, 1.82) is 0 Å². The lowest BCUT2D eigenvalue weighted by Gasteiger charge is -2.31. The second-order valence-electron chi connectivity index (χ2n) is 11.1. The predicted molar refractivity (Wildman–Crippen MR) is 192 cm³/mol. The summed E-state index contributed by atoms with van der Waals surface area (Å²) in [7, 11) is -4.39. The summed E-state index contributed by atoms with van der Waals surface area (Å²) in [4.78, 5) is 41.2. The minimum Gasteiger partial charge on any atom is -0.445 e. The largest absolute Gasteiger partial charge is 0.445 e. The molecule has 0 bridgehead atoms. The van der Waals surface area contributed by atoms with Crippen LogP contribution < -0.4 is 15.4 Å². The molecule has 0 saturated heterocycles. The summed E-state index contributed by atoms with van der Waals surface area (Å²) >= 11 is 18.1. The number of alkyl halides is 2. The average Bonchev–Trinajstić information content (AvgIpc) is 3.09. The third-order valence-electron chi connectivity index (χ3n) is 7.19. The predicted octanol–water partition coefficient (Wildman–Crippen LogP) is 5.44. The summed E-state index contributed by atoms with van der Waals surface area (Å²) in [5.74, 6) is -1.97. The fourth-order valence-corrected chi connectivity index (χ4v) is 6.70. The van der Waals surface area contributed by atoms with Crippen molar-refractivity contribution in [2.45, 2.75) is 56.6 Å². The molecule has 3 aromatic carbocycles. The first kappa shape index (κ1) is 42.8. The van der Waals surface area contributed by atoms with Crippen LogP contribution in [0.2, 0.25) is 15.1 Å². The molecule has 2 atom stereocenters. The van der Waals surface area contributed by atoms with E-state index in [4.69, 9.17) is 49.0 Å². The van der Waals surface area contributed by atoms with Crippen LogP contribution in [0.25, 0.3) is 0 Å². The number of nitrogens with one attached hydrogen (secondary N) is 3. The lowest BCUT2D eigenvalue weighted by molar-refractivity contribution is -0.163. The highest BCUT2D eigenvalue weighted by atomic mass is 35.5. The first-order chi connectivity index (χ1) is 24.7. The molecule has 0 aliphatic carbocycles. The Hall–Kier alpha value is -3.57. The minimum atomic E-state index is -4.39. The Morgan fingerprint density at radius 1 is 0.808 bits per heavy atom. The molecule has 3 aromatic rings. The van der Waals surface area contributed by atoms with Gasteiger partial charge in [0.05, 0.1) is 18.1 Å². The van der Waals surface area contributed by atoms with Crippen LogP contribution in [0.5, 0.6) is 0 Å². The molecule has 0 aliphatic heterocycles. The van der Waals surface area contributed by atoms with E-state index in [2.05, 4.69) is 15.4 Å². The van der Waals surface area contributed by atoms with Crippen LogP contribution in [0, 0.1) is 0 Å². The van der Waals surface area contributed by atoms with E-state index in [1.54, 1.807) is 68.4 Å². The van der Waals surface area contributed by atoms with Crippen molar-refractivity contribution in [3.05, 3.63) is 99.0 Å². The molecule has 0 heterocycles. The Morgan fingerprint density at radius 3 is 2.04 bits per heavy atom. The zero-order valence-corrected chi connectivity index (χ0v) is 31.3. The van der Waals surface area contributed by atoms with Gasteiger partial charge in [-0.1, -0.05) is 77.3 Å². The Balaban J connectivity index is 1.93. The van der Waals surface area contributed by atoms with Gasteiger partial charge in [-0.3, -0.25) is 9.59 Å². The highest BCUT2D eigenvalue weighted by Gasteiger charge is 2.33. The van der Waals surface area contributed by atoms with E-state index in [0.29, 0.717) is 16.1 Å². The number of carbonyl (C=O) groups is 3. The van der Waals surface area contributed by atoms with Gasteiger partial charge in [0.15, 0.2) is 6.29 Å². The number of carbonyl (C=O) groups excluding carboxylic acids is 3. The van der Waals surface area contributed by atoms with Gasteiger partial charge in [-0.05, 0) is 55.3 Å². The Kier molecular flexibility index (Phi) is 17.5. The monoisotopic (exact) mass is 806 g/mol. The molecular formula is C34H39Cl3F2N4O8S. The highest BCUT2D eigenvalue weighted by molar-refractivity contribution is 7.89. The van der Waals surface area contributed by atoms with Crippen molar-refractivity contribution in [2.75, 3.05) is 32.8 Å². The van der Waals surface area contributed by atoms with Gasteiger partial charge in [-0.25, -0.2) is 26.7 Å². The fourth-order valence-electron chi connectivity index (χ4n) is 4.76. The van der Waals surface area contributed by atoms with Crippen LogP contribution in [0.1, 0.15) is 25.0 Å². The van der Waals surface area contributed by atoms with Crippen LogP contribution in [0.3, 0.4) is 0 Å². The number of alkyl carbamates (subject to hydrolysis) is 1. The van der Waals surface area contributed by atoms with Gasteiger partial charge in [-0.2, -0.15) is 0 Å². The molecule has 0 radical (unpaired) electrons. The second-order valence-corrected chi connectivity index (χ2v) is 14.1. The first-order valence-electron chi connectivity index (χ1n) is 16.0. The van der Waals surface area contributed by atoms with Gasteiger partial charge >= 0.3 is 6.09 Å². The molecule has 0 saturated carbocycles. The number of amides is 3. The molecule has 0 aliphatic rings. The van der Waals surface area contributed by atoms with Crippen LogP contribution in [0.15, 0.2) is 77.7 Å². The lowest BCUT2D eigenvalue weighted by Crippen LogP contribution is -2.58. The van der Waals surface area contributed by atoms with Gasteiger partial charge in [0.2, 0.25) is 21.8 Å². The zero-order valence-electron chi connectivity index (χ0n) is 28.2. The van der Waals surface area contributed by atoms with Crippen LogP contribution in [-0.2, 0) is 46.9 Å². The Labute approximate surface area is 316 Å². The van der Waals surface area contributed by atoms with Crippen molar-refractivity contribution in [3.8, 4) is 0 Å². The molecule has 0 aromatic heterocycles. The summed E-state index contributed by atoms with van der Waals surface area (Å²) in [6.45, 7) is 1.32. The zero-order chi connectivity index (χ0) is 38.3. The SMILES string of the molecule is CCOC(CN(CC(F)F)C(=O)C(Cc1ccc(Cl)cc1)NC(=O)C(CNS(=O)(=O)c1ccc(Cl)cc1Cl)NC(=O)OCc1ccccc1)OCC. The fraction of sp³-hybridized carbons (Fsp3) is 0.382. The molecule has 52 heavy (non-hydrogen) atoms. The van der Waals surface area contributed by atoms with Crippen molar-refractivity contribution in [3.63, 3.8) is 0 Å². The molecule has 284 valence electrons. The number of ether oxygens (including phenoxy) is 3. The number of hydrogen-bond donors (Lipinski definition) is 3. The van der Waals surface area contributed by atoms with Gasteiger partial charge in [0.1, 0.15) is 23.6 Å². The van der Waals surface area contributed by atoms with E-state index < -0.39 is 72.4 Å². The number of halogens is 5. The summed E-state index contributed by atoms with van der Waals surface area (Å²) in [6.07, 6.45) is -5.30. The molecule has 2 unspecified atom stereocenters. The number of rotatable bonds is 20. The topological polar surface area (TPSA) is 152 Å². The van der Waals surface area contributed by atoms with Gasteiger partial charge in [-0.15, -0.1) is 0 Å². The van der Waals surface area contributed by atoms with E-state index in [1.807, 2.05) is 0 Å². The standard InChI is InChI=1S/C34H39Cl3F2N4O8S/c1-3-49-31(50-4-2)20-43(19-30(38)39)33(45)27(16-22-10-12-24(35)13-11-22)41-32(44)28(42-34(46)51-21-23-8-6-5-7-9-23)18-40-52(47,48)29-15-14-25(36)17-26(29)37/h5-15,17,27-28,30-31,40H,3-4,16,18-21H2,1-2H3,(H,41,44)(H,42,46). The maximum absolute atomic E-state index is 14.0. The molecule has 18 heteroatoms. The van der Waals surface area contributed by atoms with E-state index in [1.165, 1.54) is 12.1 Å².